The van der Waals surface area contributed by atoms with Gasteiger partial charge in [-0.3, -0.25) is 4.68 Å². The molecular formula is C13H17N3O. The molecule has 17 heavy (non-hydrogen) atoms. The zero-order valence-electron chi connectivity index (χ0n) is 10.3. The first kappa shape index (κ1) is 11.7. The Kier molecular flexibility index (Phi) is 3.15. The third-order valence-corrected chi connectivity index (χ3v) is 2.84. The lowest BCUT2D eigenvalue weighted by molar-refractivity contribution is 0.411. The van der Waals surface area contributed by atoms with Crippen molar-refractivity contribution in [2.45, 2.75) is 13.0 Å². The number of hydrogen-bond acceptors (Lipinski definition) is 3. The molecule has 4 heteroatoms. The zero-order chi connectivity index (χ0) is 12.4. The first-order chi connectivity index (χ1) is 8.11. The van der Waals surface area contributed by atoms with Crippen molar-refractivity contribution in [3.8, 4) is 5.75 Å². The summed E-state index contributed by atoms with van der Waals surface area (Å²) in [5.41, 5.74) is 9.14. The maximum absolute atomic E-state index is 6.17. The average molecular weight is 231 g/mol. The van der Waals surface area contributed by atoms with Crippen LogP contribution in [0.3, 0.4) is 0 Å². The Morgan fingerprint density at radius 3 is 2.71 bits per heavy atom. The van der Waals surface area contributed by atoms with Crippen LogP contribution in [0, 0.1) is 6.92 Å². The van der Waals surface area contributed by atoms with Crippen molar-refractivity contribution in [1.29, 1.82) is 0 Å². The summed E-state index contributed by atoms with van der Waals surface area (Å²) in [7, 11) is 3.55. The lowest BCUT2D eigenvalue weighted by atomic mass is 10.0. The van der Waals surface area contributed by atoms with E-state index in [0.29, 0.717) is 0 Å². The van der Waals surface area contributed by atoms with E-state index in [0.717, 1.165) is 22.6 Å². The van der Waals surface area contributed by atoms with Gasteiger partial charge in [0.2, 0.25) is 0 Å². The molecule has 0 radical (unpaired) electrons. The van der Waals surface area contributed by atoms with Gasteiger partial charge in [0.05, 0.1) is 18.8 Å². The number of nitrogens with two attached hydrogens (primary N) is 1. The minimum Gasteiger partial charge on any atom is -0.496 e. The van der Waals surface area contributed by atoms with Gasteiger partial charge in [0.15, 0.2) is 0 Å². The molecule has 1 aromatic heterocycles. The van der Waals surface area contributed by atoms with Crippen LogP contribution in [0.1, 0.15) is 22.9 Å². The molecular weight excluding hydrogens is 214 g/mol. The molecule has 0 fully saturated rings. The van der Waals surface area contributed by atoms with Crippen LogP contribution in [0.15, 0.2) is 30.5 Å². The molecule has 0 amide bonds. The van der Waals surface area contributed by atoms with Crippen LogP contribution < -0.4 is 10.5 Å². The van der Waals surface area contributed by atoms with Gasteiger partial charge in [-0.2, -0.15) is 5.10 Å². The van der Waals surface area contributed by atoms with Gasteiger partial charge in [0.1, 0.15) is 5.75 Å². The van der Waals surface area contributed by atoms with Crippen LogP contribution in [0.2, 0.25) is 0 Å². The van der Waals surface area contributed by atoms with Crippen molar-refractivity contribution in [2.75, 3.05) is 7.11 Å². The number of aryl methyl sites for hydroxylation is 2. The number of nitrogens with zero attached hydrogens (tertiary/aromatic N) is 2. The van der Waals surface area contributed by atoms with Crippen molar-refractivity contribution < 1.29 is 4.74 Å². The number of aromatic nitrogens is 2. The fourth-order valence-electron chi connectivity index (χ4n) is 1.80. The summed E-state index contributed by atoms with van der Waals surface area (Å²) in [6.45, 7) is 2.01. The molecule has 0 bridgehead atoms. The molecule has 0 aliphatic rings. The molecule has 0 spiro atoms. The Morgan fingerprint density at radius 2 is 2.12 bits per heavy atom. The molecule has 0 aliphatic heterocycles. The Labute approximate surface area is 101 Å². The van der Waals surface area contributed by atoms with E-state index in [-0.39, 0.29) is 6.04 Å². The van der Waals surface area contributed by atoms with Crippen molar-refractivity contribution in [1.82, 2.24) is 9.78 Å². The second kappa shape index (κ2) is 4.59. The molecule has 0 saturated heterocycles. The normalized spacial score (nSPS) is 12.5. The van der Waals surface area contributed by atoms with E-state index in [9.17, 15) is 0 Å². The maximum Gasteiger partial charge on any atom is 0.122 e. The topological polar surface area (TPSA) is 53.1 Å². The highest BCUT2D eigenvalue weighted by molar-refractivity contribution is 5.39. The molecule has 1 unspecified atom stereocenters. The summed E-state index contributed by atoms with van der Waals surface area (Å²) in [6.07, 6.45) is 1.89. The predicted octanol–water partition coefficient (Wildman–Crippen LogP) is 1.79. The summed E-state index contributed by atoms with van der Waals surface area (Å²) in [5.74, 6) is 0.855. The highest BCUT2D eigenvalue weighted by Gasteiger charge is 2.13. The van der Waals surface area contributed by atoms with Gasteiger partial charge in [0, 0.05) is 13.2 Å². The number of hydrogen-bond donors (Lipinski definition) is 1. The molecule has 2 aromatic rings. The summed E-state index contributed by atoms with van der Waals surface area (Å²) in [6, 6.07) is 7.70. The standard InChI is InChI=1S/C13H17N3O/c1-9-4-5-10(8-12(9)17-3)13(14)11-6-7-16(2)15-11/h4-8,13H,14H2,1-3H3. The predicted molar refractivity (Wildman–Crippen MR) is 67.0 cm³/mol. The molecule has 90 valence electrons. The molecule has 1 aromatic carbocycles. The van der Waals surface area contributed by atoms with E-state index in [1.807, 2.05) is 44.4 Å². The van der Waals surface area contributed by atoms with Crippen molar-refractivity contribution in [3.05, 3.63) is 47.3 Å². The van der Waals surface area contributed by atoms with Gasteiger partial charge in [0.25, 0.3) is 0 Å². The van der Waals surface area contributed by atoms with E-state index >= 15 is 0 Å². The minimum atomic E-state index is -0.217. The highest BCUT2D eigenvalue weighted by atomic mass is 16.5. The fourth-order valence-corrected chi connectivity index (χ4v) is 1.80. The molecule has 2 N–H and O–H groups in total. The lowest BCUT2D eigenvalue weighted by Gasteiger charge is -2.12. The van der Waals surface area contributed by atoms with E-state index in [2.05, 4.69) is 5.10 Å². The van der Waals surface area contributed by atoms with Crippen LogP contribution in [-0.4, -0.2) is 16.9 Å². The molecule has 0 aliphatic carbocycles. The molecule has 1 atom stereocenters. The first-order valence-corrected chi connectivity index (χ1v) is 5.51. The zero-order valence-corrected chi connectivity index (χ0v) is 10.3. The number of ether oxygens (including phenoxy) is 1. The second-order valence-electron chi connectivity index (χ2n) is 4.12. The SMILES string of the molecule is COc1cc(C(N)c2ccn(C)n2)ccc1C. The largest absolute Gasteiger partial charge is 0.496 e. The van der Waals surface area contributed by atoms with Gasteiger partial charge in [-0.05, 0) is 30.2 Å². The summed E-state index contributed by atoms with van der Waals surface area (Å²) in [4.78, 5) is 0. The Bertz CT molecular complexity index is 519. The Balaban J connectivity index is 2.34. The molecule has 0 saturated carbocycles. The summed E-state index contributed by atoms with van der Waals surface area (Å²) in [5, 5.41) is 4.32. The van der Waals surface area contributed by atoms with Crippen LogP contribution in [0.4, 0.5) is 0 Å². The van der Waals surface area contributed by atoms with Crippen LogP contribution in [0.5, 0.6) is 5.75 Å². The van der Waals surface area contributed by atoms with Gasteiger partial charge in [-0.1, -0.05) is 12.1 Å². The molecule has 2 rings (SSSR count). The number of rotatable bonds is 3. The highest BCUT2D eigenvalue weighted by Crippen LogP contribution is 2.24. The molecule has 1 heterocycles. The van der Waals surface area contributed by atoms with E-state index in [1.165, 1.54) is 0 Å². The van der Waals surface area contributed by atoms with Gasteiger partial charge < -0.3 is 10.5 Å². The van der Waals surface area contributed by atoms with Crippen LogP contribution in [-0.2, 0) is 7.05 Å². The second-order valence-corrected chi connectivity index (χ2v) is 4.12. The van der Waals surface area contributed by atoms with Crippen molar-refractivity contribution >= 4 is 0 Å². The third kappa shape index (κ3) is 2.31. The van der Waals surface area contributed by atoms with Crippen molar-refractivity contribution in [2.24, 2.45) is 12.8 Å². The Hall–Kier alpha value is -1.81. The van der Waals surface area contributed by atoms with Crippen molar-refractivity contribution in [3.63, 3.8) is 0 Å². The Morgan fingerprint density at radius 1 is 1.35 bits per heavy atom. The maximum atomic E-state index is 6.17. The minimum absolute atomic E-state index is 0.217. The summed E-state index contributed by atoms with van der Waals surface area (Å²) < 4.78 is 7.05. The monoisotopic (exact) mass is 231 g/mol. The van der Waals surface area contributed by atoms with E-state index in [1.54, 1.807) is 11.8 Å². The average Bonchev–Trinajstić information content (AvgIpc) is 2.75. The summed E-state index contributed by atoms with van der Waals surface area (Å²) >= 11 is 0. The van der Waals surface area contributed by atoms with E-state index < -0.39 is 0 Å². The van der Waals surface area contributed by atoms with E-state index in [4.69, 9.17) is 10.5 Å². The van der Waals surface area contributed by atoms with Gasteiger partial charge in [-0.15, -0.1) is 0 Å². The number of benzene rings is 1. The quantitative estimate of drug-likeness (QED) is 0.876. The lowest BCUT2D eigenvalue weighted by Crippen LogP contribution is -2.13. The van der Waals surface area contributed by atoms with Crippen LogP contribution >= 0.6 is 0 Å². The first-order valence-electron chi connectivity index (χ1n) is 5.51. The number of methoxy groups -OCH3 is 1. The van der Waals surface area contributed by atoms with Crippen LogP contribution in [0.25, 0.3) is 0 Å². The molecule has 4 nitrogen and oxygen atoms in total. The van der Waals surface area contributed by atoms with Gasteiger partial charge in [-0.25, -0.2) is 0 Å². The third-order valence-electron chi connectivity index (χ3n) is 2.84. The smallest absolute Gasteiger partial charge is 0.122 e. The van der Waals surface area contributed by atoms with Gasteiger partial charge >= 0.3 is 0 Å². The fraction of sp³-hybridized carbons (Fsp3) is 0.308.